The molecule has 1 aliphatic carbocycles. The Morgan fingerprint density at radius 1 is 1.26 bits per heavy atom. The summed E-state index contributed by atoms with van der Waals surface area (Å²) in [6.07, 6.45) is 0.854. The third kappa shape index (κ3) is 3.58. The molecule has 164 valence electrons. The highest BCUT2D eigenvalue weighted by molar-refractivity contribution is 6.12. The minimum Gasteiger partial charge on any atom is -0.463 e. The Morgan fingerprint density at radius 3 is 2.58 bits per heavy atom. The lowest BCUT2D eigenvalue weighted by Crippen LogP contribution is -2.44. The first kappa shape index (κ1) is 21.0. The van der Waals surface area contributed by atoms with Crippen LogP contribution in [0.4, 0.5) is 5.69 Å². The molecule has 0 bridgehead atoms. The van der Waals surface area contributed by atoms with Gasteiger partial charge in [-0.15, -0.1) is 0 Å². The Balaban J connectivity index is 1.96. The molecule has 0 radical (unpaired) electrons. The Bertz CT molecular complexity index is 1050. The van der Waals surface area contributed by atoms with Gasteiger partial charge < -0.3 is 14.2 Å². The van der Waals surface area contributed by atoms with Crippen molar-refractivity contribution in [2.24, 2.45) is 16.3 Å². The number of aliphatic imine (C=N–C) groups is 1. The summed E-state index contributed by atoms with van der Waals surface area (Å²) in [5.74, 6) is -1.78. The molecule has 0 aromatic heterocycles. The van der Waals surface area contributed by atoms with Gasteiger partial charge in [0.25, 0.3) is 5.69 Å². The van der Waals surface area contributed by atoms with E-state index in [9.17, 15) is 19.7 Å². The summed E-state index contributed by atoms with van der Waals surface area (Å²) in [6.45, 7) is 7.41. The Hall–Kier alpha value is -3.23. The molecule has 2 aliphatic heterocycles. The fraction of sp³-hybridized carbons (Fsp3) is 0.500. The van der Waals surface area contributed by atoms with Crippen molar-refractivity contribution in [2.75, 3.05) is 13.4 Å². The van der Waals surface area contributed by atoms with Gasteiger partial charge in [-0.3, -0.25) is 19.9 Å². The van der Waals surface area contributed by atoms with Crippen LogP contribution in [-0.2, 0) is 14.3 Å². The molecule has 2 unspecified atom stereocenters. The predicted octanol–water partition coefficient (Wildman–Crippen LogP) is 3.70. The van der Waals surface area contributed by atoms with Crippen LogP contribution in [0.15, 0.2) is 28.4 Å². The number of allylic oxidation sites excluding steroid dienone is 1. The molecule has 1 saturated carbocycles. The fourth-order valence-electron chi connectivity index (χ4n) is 4.76. The van der Waals surface area contributed by atoms with Crippen molar-refractivity contribution in [2.45, 2.75) is 46.5 Å². The average Bonchev–Trinajstić information content (AvgIpc) is 3.12. The number of nitrogens with zero attached hydrogens (tertiary/aromatic N) is 2. The van der Waals surface area contributed by atoms with Gasteiger partial charge in [-0.2, -0.15) is 0 Å². The van der Waals surface area contributed by atoms with Crippen molar-refractivity contribution < 1.29 is 28.7 Å². The van der Waals surface area contributed by atoms with Crippen LogP contribution < -0.4 is 9.47 Å². The van der Waals surface area contributed by atoms with Crippen LogP contribution in [0.5, 0.6) is 11.5 Å². The molecular formula is C22H24N2O7. The van der Waals surface area contributed by atoms with Gasteiger partial charge in [0.15, 0.2) is 11.5 Å². The zero-order valence-electron chi connectivity index (χ0n) is 17.9. The zero-order valence-corrected chi connectivity index (χ0v) is 17.9. The third-order valence-electron chi connectivity index (χ3n) is 5.91. The highest BCUT2D eigenvalue weighted by Crippen LogP contribution is 2.51. The van der Waals surface area contributed by atoms with Gasteiger partial charge in [0.1, 0.15) is 5.78 Å². The SMILES string of the molecule is CCOC(=O)C1=C(C)N=C2CC(C)(C)CC(=O)C2C1c1cc2c(cc1[N+](=O)[O-])OCO2. The molecule has 4 rings (SSSR count). The zero-order chi connectivity index (χ0) is 22.5. The topological polar surface area (TPSA) is 117 Å². The van der Waals surface area contributed by atoms with Crippen molar-refractivity contribution in [3.05, 3.63) is 39.1 Å². The van der Waals surface area contributed by atoms with Crippen molar-refractivity contribution in [3.63, 3.8) is 0 Å². The lowest BCUT2D eigenvalue weighted by molar-refractivity contribution is -0.385. The normalized spacial score (nSPS) is 23.9. The van der Waals surface area contributed by atoms with Crippen molar-refractivity contribution in [1.82, 2.24) is 0 Å². The van der Waals surface area contributed by atoms with E-state index in [-0.39, 0.29) is 47.2 Å². The Labute approximate surface area is 179 Å². The molecule has 3 aliphatic rings. The van der Waals surface area contributed by atoms with Gasteiger partial charge in [-0.05, 0) is 31.7 Å². The van der Waals surface area contributed by atoms with Gasteiger partial charge >= 0.3 is 5.97 Å². The molecule has 9 heteroatoms. The Kier molecular flexibility index (Phi) is 5.07. The second-order valence-electron chi connectivity index (χ2n) is 8.78. The van der Waals surface area contributed by atoms with E-state index in [0.717, 1.165) is 0 Å². The minimum absolute atomic E-state index is 0.0521. The molecule has 2 atom stereocenters. The van der Waals surface area contributed by atoms with Gasteiger partial charge in [-0.1, -0.05) is 13.8 Å². The molecule has 31 heavy (non-hydrogen) atoms. The van der Waals surface area contributed by atoms with Gasteiger partial charge in [0.05, 0.1) is 29.1 Å². The van der Waals surface area contributed by atoms with Crippen molar-refractivity contribution >= 4 is 23.2 Å². The average molecular weight is 428 g/mol. The first-order valence-corrected chi connectivity index (χ1v) is 10.2. The van der Waals surface area contributed by atoms with E-state index in [1.54, 1.807) is 13.8 Å². The quantitative estimate of drug-likeness (QED) is 0.408. The number of nitro groups is 1. The summed E-state index contributed by atoms with van der Waals surface area (Å²) in [4.78, 5) is 42.3. The number of ether oxygens (including phenoxy) is 3. The van der Waals surface area contributed by atoms with E-state index >= 15 is 0 Å². The third-order valence-corrected chi connectivity index (χ3v) is 5.91. The van der Waals surface area contributed by atoms with E-state index in [1.807, 2.05) is 13.8 Å². The number of nitro benzene ring substituents is 1. The number of benzene rings is 1. The van der Waals surface area contributed by atoms with Crippen molar-refractivity contribution in [3.8, 4) is 11.5 Å². The van der Waals surface area contributed by atoms with E-state index in [4.69, 9.17) is 14.2 Å². The predicted molar refractivity (Wildman–Crippen MR) is 110 cm³/mol. The second kappa shape index (κ2) is 7.47. The molecule has 1 aromatic rings. The maximum Gasteiger partial charge on any atom is 0.336 e. The summed E-state index contributed by atoms with van der Waals surface area (Å²) in [5, 5.41) is 12.0. The molecule has 0 saturated heterocycles. The number of hydrogen-bond donors (Lipinski definition) is 0. The van der Waals surface area contributed by atoms with Gasteiger partial charge in [-0.25, -0.2) is 4.79 Å². The molecule has 2 heterocycles. The van der Waals surface area contributed by atoms with Crippen LogP contribution in [0.2, 0.25) is 0 Å². The highest BCUT2D eigenvalue weighted by Gasteiger charge is 2.49. The fourth-order valence-corrected chi connectivity index (χ4v) is 4.76. The number of rotatable bonds is 4. The summed E-state index contributed by atoms with van der Waals surface area (Å²) in [7, 11) is 0. The number of ketones is 1. The first-order chi connectivity index (χ1) is 14.6. The maximum absolute atomic E-state index is 13.3. The monoisotopic (exact) mass is 428 g/mol. The molecule has 0 N–H and O–H groups in total. The van der Waals surface area contributed by atoms with Crippen LogP contribution >= 0.6 is 0 Å². The lowest BCUT2D eigenvalue weighted by Gasteiger charge is -2.40. The maximum atomic E-state index is 13.3. The summed E-state index contributed by atoms with van der Waals surface area (Å²) in [5.41, 5.74) is 0.936. The molecule has 1 aromatic carbocycles. The number of carbonyl (C=O) groups is 2. The standard InChI is InChI=1S/C22H24N2O7/c1-5-29-21(26)18-11(2)23-13-8-22(3,4)9-15(25)20(13)19(18)12-6-16-17(31-10-30-16)7-14(12)24(27)28/h6-7,19-20H,5,8-10H2,1-4H3. The molecular weight excluding hydrogens is 404 g/mol. The van der Waals surface area contributed by atoms with E-state index in [2.05, 4.69) is 4.99 Å². The van der Waals surface area contributed by atoms with Crippen LogP contribution in [0, 0.1) is 21.4 Å². The largest absolute Gasteiger partial charge is 0.463 e. The lowest BCUT2D eigenvalue weighted by atomic mass is 9.63. The molecule has 0 amide bonds. The van der Waals surface area contributed by atoms with E-state index < -0.39 is 22.7 Å². The molecule has 1 fully saturated rings. The van der Waals surface area contributed by atoms with E-state index in [0.29, 0.717) is 30.0 Å². The number of hydrogen-bond acceptors (Lipinski definition) is 8. The number of Topliss-reactive ketones (excluding diaryl/α,β-unsaturated/α-hetero) is 1. The van der Waals surface area contributed by atoms with Crippen LogP contribution in [0.3, 0.4) is 0 Å². The number of fused-ring (bicyclic) bond motifs is 2. The van der Waals surface area contributed by atoms with Crippen LogP contribution in [-0.4, -0.2) is 35.8 Å². The first-order valence-electron chi connectivity index (χ1n) is 10.2. The smallest absolute Gasteiger partial charge is 0.336 e. The summed E-state index contributed by atoms with van der Waals surface area (Å²) in [6, 6.07) is 2.80. The number of esters is 1. The highest BCUT2D eigenvalue weighted by atomic mass is 16.7. The van der Waals surface area contributed by atoms with Gasteiger partial charge in [0.2, 0.25) is 6.79 Å². The minimum atomic E-state index is -0.884. The van der Waals surface area contributed by atoms with Crippen molar-refractivity contribution in [1.29, 1.82) is 0 Å². The van der Waals surface area contributed by atoms with Crippen LogP contribution in [0.1, 0.15) is 52.0 Å². The number of carbonyl (C=O) groups excluding carboxylic acids is 2. The summed E-state index contributed by atoms with van der Waals surface area (Å²) < 4.78 is 16.0. The molecule has 9 nitrogen and oxygen atoms in total. The van der Waals surface area contributed by atoms with E-state index in [1.165, 1.54) is 12.1 Å². The van der Waals surface area contributed by atoms with Crippen LogP contribution in [0.25, 0.3) is 0 Å². The Morgan fingerprint density at radius 2 is 1.94 bits per heavy atom. The van der Waals surface area contributed by atoms with Gasteiger partial charge in [0, 0.05) is 29.3 Å². The summed E-state index contributed by atoms with van der Waals surface area (Å²) >= 11 is 0. The molecule has 0 spiro atoms. The second-order valence-corrected chi connectivity index (χ2v) is 8.78.